The van der Waals surface area contributed by atoms with Gasteiger partial charge < -0.3 is 14.8 Å². The average Bonchev–Trinajstić information content (AvgIpc) is 3.33. The van der Waals surface area contributed by atoms with Gasteiger partial charge in [0, 0.05) is 11.1 Å². The van der Waals surface area contributed by atoms with Crippen molar-refractivity contribution >= 4 is 23.6 Å². The number of carbonyl (C=O) groups excluding carboxylic acids is 2. The lowest BCUT2D eigenvalue weighted by Crippen LogP contribution is -2.33. The molecule has 184 valence electrons. The van der Waals surface area contributed by atoms with Crippen LogP contribution < -0.4 is 20.2 Å². The normalized spacial score (nSPS) is 13.7. The van der Waals surface area contributed by atoms with Crippen LogP contribution in [-0.2, 0) is 11.2 Å². The number of nitrogens with zero attached hydrogens (tertiary/aromatic N) is 1. The number of hydrogen-bond donors (Lipinski definition) is 2. The molecule has 2 amide bonds. The van der Waals surface area contributed by atoms with Crippen molar-refractivity contribution in [1.29, 1.82) is 0 Å². The highest BCUT2D eigenvalue weighted by Crippen LogP contribution is 2.26. The lowest BCUT2D eigenvalue weighted by atomic mass is 10.1. The number of amides is 2. The van der Waals surface area contributed by atoms with Crippen molar-refractivity contribution < 1.29 is 19.1 Å². The van der Waals surface area contributed by atoms with E-state index in [-0.39, 0.29) is 11.6 Å². The van der Waals surface area contributed by atoms with Crippen LogP contribution in [0.25, 0.3) is 6.08 Å². The highest BCUT2D eigenvalue weighted by Gasteiger charge is 2.20. The molecule has 0 fully saturated rings. The van der Waals surface area contributed by atoms with Gasteiger partial charge in [0.2, 0.25) is 0 Å². The Labute approximate surface area is 210 Å². The Morgan fingerprint density at radius 3 is 2.44 bits per heavy atom. The Balaban J connectivity index is 1.55. The van der Waals surface area contributed by atoms with Crippen molar-refractivity contribution in [3.63, 3.8) is 0 Å². The summed E-state index contributed by atoms with van der Waals surface area (Å²) in [4.78, 5) is 26.0. The van der Waals surface area contributed by atoms with E-state index >= 15 is 0 Å². The molecule has 2 N–H and O–H groups in total. The van der Waals surface area contributed by atoms with Crippen LogP contribution in [0.4, 0.5) is 0 Å². The summed E-state index contributed by atoms with van der Waals surface area (Å²) in [6, 6.07) is 21.9. The molecule has 3 aromatic carbocycles. The minimum atomic E-state index is -0.514. The first-order chi connectivity index (χ1) is 17.6. The fraction of sp³-hybridized carbons (Fsp3) is 0.207. The first kappa shape index (κ1) is 24.7. The highest BCUT2D eigenvalue weighted by molar-refractivity contribution is 6.08. The van der Waals surface area contributed by atoms with Gasteiger partial charge in [0.1, 0.15) is 17.2 Å². The second-order valence-corrected chi connectivity index (χ2v) is 8.32. The zero-order chi connectivity index (χ0) is 25.3. The van der Waals surface area contributed by atoms with Crippen LogP contribution in [0.3, 0.4) is 0 Å². The zero-order valence-corrected chi connectivity index (χ0v) is 20.4. The van der Waals surface area contributed by atoms with Gasteiger partial charge >= 0.3 is 0 Å². The lowest BCUT2D eigenvalue weighted by molar-refractivity contribution is -0.117. The van der Waals surface area contributed by atoms with Crippen LogP contribution in [0.2, 0.25) is 0 Å². The van der Waals surface area contributed by atoms with Crippen molar-refractivity contribution in [3.8, 4) is 11.5 Å². The molecule has 0 radical (unpaired) electrons. The second kappa shape index (κ2) is 11.8. The molecule has 0 spiro atoms. The van der Waals surface area contributed by atoms with E-state index in [4.69, 9.17) is 9.47 Å². The van der Waals surface area contributed by atoms with Gasteiger partial charge in [-0.05, 0) is 78.9 Å². The van der Waals surface area contributed by atoms with E-state index in [1.807, 2.05) is 55.5 Å². The minimum Gasteiger partial charge on any atom is -0.497 e. The molecular weight excluding hydrogens is 454 g/mol. The maximum Gasteiger partial charge on any atom is 0.287 e. The van der Waals surface area contributed by atoms with E-state index in [0.29, 0.717) is 18.6 Å². The Hall–Kier alpha value is -4.39. The molecule has 4 rings (SSSR count). The molecule has 0 aromatic heterocycles. The van der Waals surface area contributed by atoms with Crippen molar-refractivity contribution in [2.75, 3.05) is 13.7 Å². The molecule has 1 aliphatic carbocycles. The molecule has 0 bridgehead atoms. The van der Waals surface area contributed by atoms with Gasteiger partial charge in [-0.3, -0.25) is 9.59 Å². The number of nitrogens with one attached hydrogen (secondary N) is 2. The van der Waals surface area contributed by atoms with Gasteiger partial charge in [0.25, 0.3) is 11.8 Å². The number of aryl methyl sites for hydroxylation is 1. The topological polar surface area (TPSA) is 89.0 Å². The Morgan fingerprint density at radius 1 is 0.972 bits per heavy atom. The fourth-order valence-electron chi connectivity index (χ4n) is 3.86. The largest absolute Gasteiger partial charge is 0.497 e. The van der Waals surface area contributed by atoms with Crippen LogP contribution in [0.1, 0.15) is 46.8 Å². The summed E-state index contributed by atoms with van der Waals surface area (Å²) < 4.78 is 10.9. The van der Waals surface area contributed by atoms with E-state index in [9.17, 15) is 9.59 Å². The quantitative estimate of drug-likeness (QED) is 0.340. The van der Waals surface area contributed by atoms with Crippen LogP contribution in [0.15, 0.2) is 83.6 Å². The molecule has 0 saturated heterocycles. The molecular formula is C29H29N3O4. The number of benzene rings is 3. The Kier molecular flexibility index (Phi) is 8.13. The van der Waals surface area contributed by atoms with Gasteiger partial charge in [-0.15, -0.1) is 0 Å². The molecule has 7 nitrogen and oxygen atoms in total. The number of ether oxygens (including phenoxy) is 2. The SMILES string of the molecule is CCCOc1ccc(/C=C(/NC(=O)c2ccccc2)C(=O)N/N=C2/CCc3cc(OC)ccc32)cc1. The molecule has 7 heteroatoms. The first-order valence-electron chi connectivity index (χ1n) is 11.9. The fourth-order valence-corrected chi connectivity index (χ4v) is 3.86. The molecule has 3 aromatic rings. The first-order valence-corrected chi connectivity index (χ1v) is 11.9. The highest BCUT2D eigenvalue weighted by atomic mass is 16.5. The van der Waals surface area contributed by atoms with Crippen LogP contribution in [0.5, 0.6) is 11.5 Å². The number of hydrogen-bond acceptors (Lipinski definition) is 5. The van der Waals surface area contributed by atoms with Crippen molar-refractivity contribution in [2.24, 2.45) is 5.10 Å². The standard InChI is InChI=1S/C29H29N3O4/c1-3-17-36-23-12-9-20(10-13-23)18-27(30-28(33)21-7-5-4-6-8-21)29(34)32-31-26-16-11-22-19-24(35-2)14-15-25(22)26/h4-10,12-15,18-19H,3,11,16-17H2,1-2H3,(H,30,33)(H,32,34)/b27-18+,31-26-. The van der Waals surface area contributed by atoms with E-state index in [1.54, 1.807) is 37.5 Å². The van der Waals surface area contributed by atoms with Crippen molar-refractivity contribution in [3.05, 3.63) is 101 Å². The summed E-state index contributed by atoms with van der Waals surface area (Å²) in [5.74, 6) is 0.640. The predicted octanol–water partition coefficient (Wildman–Crippen LogP) is 4.72. The van der Waals surface area contributed by atoms with Crippen molar-refractivity contribution in [1.82, 2.24) is 10.7 Å². The third kappa shape index (κ3) is 6.18. The molecule has 0 aliphatic heterocycles. The minimum absolute atomic E-state index is 0.0865. The van der Waals surface area contributed by atoms with Gasteiger partial charge in [0.05, 0.1) is 19.4 Å². The molecule has 1 aliphatic rings. The average molecular weight is 484 g/mol. The molecule has 0 heterocycles. The van der Waals surface area contributed by atoms with Crippen LogP contribution in [0, 0.1) is 0 Å². The number of fused-ring (bicyclic) bond motifs is 1. The van der Waals surface area contributed by atoms with E-state index in [2.05, 4.69) is 15.8 Å². The molecule has 0 atom stereocenters. The monoisotopic (exact) mass is 483 g/mol. The molecule has 0 saturated carbocycles. The molecule has 0 unspecified atom stereocenters. The number of carbonyl (C=O) groups is 2. The summed E-state index contributed by atoms with van der Waals surface area (Å²) in [7, 11) is 1.63. The second-order valence-electron chi connectivity index (χ2n) is 8.32. The summed E-state index contributed by atoms with van der Waals surface area (Å²) in [5.41, 5.74) is 6.79. The van der Waals surface area contributed by atoms with Gasteiger partial charge in [0.15, 0.2) is 0 Å². The lowest BCUT2D eigenvalue weighted by Gasteiger charge is -2.10. The van der Waals surface area contributed by atoms with E-state index < -0.39 is 5.91 Å². The summed E-state index contributed by atoms with van der Waals surface area (Å²) in [6.45, 7) is 2.67. The third-order valence-electron chi connectivity index (χ3n) is 5.74. The number of hydrazone groups is 1. The zero-order valence-electron chi connectivity index (χ0n) is 20.4. The van der Waals surface area contributed by atoms with E-state index in [1.165, 1.54) is 0 Å². The predicted molar refractivity (Wildman–Crippen MR) is 140 cm³/mol. The van der Waals surface area contributed by atoms with Gasteiger partial charge in [-0.25, -0.2) is 5.43 Å². The van der Waals surface area contributed by atoms with Crippen molar-refractivity contribution in [2.45, 2.75) is 26.2 Å². The summed E-state index contributed by atoms with van der Waals surface area (Å²) in [5, 5.41) is 7.11. The van der Waals surface area contributed by atoms with Gasteiger partial charge in [-0.2, -0.15) is 5.10 Å². The number of rotatable bonds is 9. The third-order valence-corrected chi connectivity index (χ3v) is 5.74. The van der Waals surface area contributed by atoms with Crippen LogP contribution >= 0.6 is 0 Å². The smallest absolute Gasteiger partial charge is 0.287 e. The molecule has 36 heavy (non-hydrogen) atoms. The summed E-state index contributed by atoms with van der Waals surface area (Å²) >= 11 is 0. The van der Waals surface area contributed by atoms with E-state index in [0.717, 1.165) is 46.7 Å². The number of methoxy groups -OCH3 is 1. The summed E-state index contributed by atoms with van der Waals surface area (Å²) in [6.07, 6.45) is 4.06. The van der Waals surface area contributed by atoms with Gasteiger partial charge in [-0.1, -0.05) is 37.3 Å². The Morgan fingerprint density at radius 2 is 1.72 bits per heavy atom. The maximum atomic E-state index is 13.1. The maximum absolute atomic E-state index is 13.1. The van der Waals surface area contributed by atoms with Crippen LogP contribution in [-0.4, -0.2) is 31.2 Å². The Bertz CT molecular complexity index is 1280.